The Hall–Kier alpha value is -1.39. The van der Waals surface area contributed by atoms with Crippen molar-refractivity contribution in [2.75, 3.05) is 13.7 Å². The van der Waals surface area contributed by atoms with Crippen LogP contribution in [0.25, 0.3) is 0 Å². The fourth-order valence-corrected chi connectivity index (χ4v) is 2.00. The number of hydrogen-bond donors (Lipinski definition) is 0. The first-order valence-electron chi connectivity index (χ1n) is 6.63. The summed E-state index contributed by atoms with van der Waals surface area (Å²) in [6.07, 6.45) is 2.62. The van der Waals surface area contributed by atoms with Crippen molar-refractivity contribution in [2.24, 2.45) is 0 Å². The van der Waals surface area contributed by atoms with Gasteiger partial charge in [0.2, 0.25) is 0 Å². The maximum absolute atomic E-state index is 10.9. The number of epoxide rings is 1. The van der Waals surface area contributed by atoms with Crippen LogP contribution in [0.4, 0.5) is 0 Å². The van der Waals surface area contributed by atoms with Crippen LogP contribution < -0.4 is 0 Å². The molecule has 0 saturated carbocycles. The summed E-state index contributed by atoms with van der Waals surface area (Å²) >= 11 is 0. The third kappa shape index (κ3) is 5.01. The van der Waals surface area contributed by atoms with Gasteiger partial charge >= 0.3 is 5.97 Å². The SMILES string of the molecule is COC(=O)CCC[C@@H]1O[C@H]1COCc1ccccc1. The number of ether oxygens (including phenoxy) is 3. The van der Waals surface area contributed by atoms with E-state index >= 15 is 0 Å². The molecule has 4 heteroatoms. The Morgan fingerprint density at radius 3 is 2.79 bits per heavy atom. The highest BCUT2D eigenvalue weighted by Gasteiger charge is 2.38. The van der Waals surface area contributed by atoms with Crippen molar-refractivity contribution in [3.05, 3.63) is 35.9 Å². The number of hydrogen-bond acceptors (Lipinski definition) is 4. The minimum Gasteiger partial charge on any atom is -0.469 e. The van der Waals surface area contributed by atoms with Crippen molar-refractivity contribution in [2.45, 2.75) is 38.1 Å². The summed E-state index contributed by atoms with van der Waals surface area (Å²) in [5, 5.41) is 0. The molecule has 0 spiro atoms. The summed E-state index contributed by atoms with van der Waals surface area (Å²) in [6, 6.07) is 10.1. The Morgan fingerprint density at radius 1 is 1.26 bits per heavy atom. The second kappa shape index (κ2) is 7.26. The Bertz CT molecular complexity index is 390. The van der Waals surface area contributed by atoms with Crippen molar-refractivity contribution in [1.29, 1.82) is 0 Å². The summed E-state index contributed by atoms with van der Waals surface area (Å²) in [5.74, 6) is -0.155. The van der Waals surface area contributed by atoms with Gasteiger partial charge in [-0.2, -0.15) is 0 Å². The molecule has 0 unspecified atom stereocenters. The van der Waals surface area contributed by atoms with E-state index in [1.807, 2.05) is 30.3 Å². The van der Waals surface area contributed by atoms with Gasteiger partial charge in [-0.25, -0.2) is 0 Å². The molecule has 4 nitrogen and oxygen atoms in total. The predicted molar refractivity (Wildman–Crippen MR) is 70.6 cm³/mol. The first kappa shape index (κ1) is 14.0. The van der Waals surface area contributed by atoms with Crippen LogP contribution >= 0.6 is 0 Å². The number of carbonyl (C=O) groups is 1. The average Bonchev–Trinajstić information content (AvgIpc) is 3.18. The van der Waals surface area contributed by atoms with Gasteiger partial charge in [-0.15, -0.1) is 0 Å². The molecule has 1 aliphatic heterocycles. The van der Waals surface area contributed by atoms with Crippen LogP contribution in [0, 0.1) is 0 Å². The highest BCUT2D eigenvalue weighted by molar-refractivity contribution is 5.68. The van der Waals surface area contributed by atoms with Gasteiger partial charge in [0.25, 0.3) is 0 Å². The van der Waals surface area contributed by atoms with Gasteiger partial charge in [-0.3, -0.25) is 4.79 Å². The molecule has 1 saturated heterocycles. The fourth-order valence-electron chi connectivity index (χ4n) is 2.00. The maximum atomic E-state index is 10.9. The molecule has 0 radical (unpaired) electrons. The lowest BCUT2D eigenvalue weighted by atomic mass is 10.1. The summed E-state index contributed by atoms with van der Waals surface area (Å²) in [5.41, 5.74) is 1.17. The largest absolute Gasteiger partial charge is 0.469 e. The first-order valence-corrected chi connectivity index (χ1v) is 6.63. The summed E-state index contributed by atoms with van der Waals surface area (Å²) in [7, 11) is 1.41. The molecule has 1 aromatic rings. The van der Waals surface area contributed by atoms with Crippen LogP contribution in [0.3, 0.4) is 0 Å². The molecule has 0 aromatic heterocycles. The van der Waals surface area contributed by atoms with Gasteiger partial charge in [0.15, 0.2) is 0 Å². The topological polar surface area (TPSA) is 48.1 Å². The maximum Gasteiger partial charge on any atom is 0.305 e. The van der Waals surface area contributed by atoms with E-state index in [0.29, 0.717) is 19.6 Å². The lowest BCUT2D eigenvalue weighted by Crippen LogP contribution is -2.06. The predicted octanol–water partition coefficient (Wildman–Crippen LogP) is 2.31. The molecule has 1 fully saturated rings. The third-order valence-electron chi connectivity index (χ3n) is 3.18. The van der Waals surface area contributed by atoms with Crippen LogP contribution in [0.1, 0.15) is 24.8 Å². The average molecular weight is 264 g/mol. The minimum atomic E-state index is -0.155. The zero-order chi connectivity index (χ0) is 13.5. The van der Waals surface area contributed by atoms with Crippen LogP contribution in [-0.2, 0) is 25.6 Å². The van der Waals surface area contributed by atoms with Crippen LogP contribution in [0.5, 0.6) is 0 Å². The van der Waals surface area contributed by atoms with E-state index < -0.39 is 0 Å². The third-order valence-corrected chi connectivity index (χ3v) is 3.18. The Labute approximate surface area is 113 Å². The van der Waals surface area contributed by atoms with Crippen molar-refractivity contribution < 1.29 is 19.0 Å². The van der Waals surface area contributed by atoms with Crippen molar-refractivity contribution in [1.82, 2.24) is 0 Å². The van der Waals surface area contributed by atoms with Gasteiger partial charge in [0.05, 0.1) is 26.4 Å². The van der Waals surface area contributed by atoms with Crippen molar-refractivity contribution in [3.63, 3.8) is 0 Å². The van der Waals surface area contributed by atoms with Gasteiger partial charge in [-0.1, -0.05) is 30.3 Å². The van der Waals surface area contributed by atoms with Crippen molar-refractivity contribution in [3.8, 4) is 0 Å². The Kier molecular flexibility index (Phi) is 5.36. The molecule has 2 rings (SSSR count). The standard InChI is InChI=1S/C15H20O4/c1-17-15(16)9-5-8-13-14(19-13)11-18-10-12-6-3-2-4-7-12/h2-4,6-7,13-14H,5,8-11H2,1H3/t13-,14-/m0/s1. The normalized spacial score (nSPS) is 21.1. The van der Waals surface area contributed by atoms with Gasteiger partial charge in [-0.05, 0) is 18.4 Å². The van der Waals surface area contributed by atoms with E-state index in [0.717, 1.165) is 12.8 Å². The lowest BCUT2D eigenvalue weighted by Gasteiger charge is -2.02. The molecule has 1 aromatic carbocycles. The highest BCUT2D eigenvalue weighted by Crippen LogP contribution is 2.27. The number of rotatable bonds is 8. The number of benzene rings is 1. The van der Waals surface area contributed by atoms with Gasteiger partial charge in [0.1, 0.15) is 6.10 Å². The molecule has 0 aliphatic carbocycles. The van der Waals surface area contributed by atoms with Crippen LogP contribution in [-0.4, -0.2) is 31.9 Å². The zero-order valence-electron chi connectivity index (χ0n) is 11.2. The molecular weight excluding hydrogens is 244 g/mol. The molecule has 2 atom stereocenters. The Balaban J connectivity index is 1.51. The Morgan fingerprint density at radius 2 is 2.05 bits per heavy atom. The molecule has 1 heterocycles. The monoisotopic (exact) mass is 264 g/mol. The van der Waals surface area contributed by atoms with Gasteiger partial charge in [0, 0.05) is 6.42 Å². The molecule has 0 N–H and O–H groups in total. The molecular formula is C15H20O4. The molecule has 0 amide bonds. The summed E-state index contributed by atoms with van der Waals surface area (Å²) in [4.78, 5) is 10.9. The van der Waals surface area contributed by atoms with E-state index in [4.69, 9.17) is 9.47 Å². The van der Waals surface area contributed by atoms with Crippen LogP contribution in [0.15, 0.2) is 30.3 Å². The van der Waals surface area contributed by atoms with E-state index in [-0.39, 0.29) is 18.2 Å². The number of carbonyl (C=O) groups excluding carboxylic acids is 1. The number of esters is 1. The van der Waals surface area contributed by atoms with E-state index in [2.05, 4.69) is 4.74 Å². The second-order valence-electron chi connectivity index (χ2n) is 4.68. The smallest absolute Gasteiger partial charge is 0.305 e. The van der Waals surface area contributed by atoms with E-state index in [1.54, 1.807) is 0 Å². The van der Waals surface area contributed by atoms with Crippen LogP contribution in [0.2, 0.25) is 0 Å². The second-order valence-corrected chi connectivity index (χ2v) is 4.68. The fraction of sp³-hybridized carbons (Fsp3) is 0.533. The molecule has 0 bridgehead atoms. The zero-order valence-corrected chi connectivity index (χ0v) is 11.2. The van der Waals surface area contributed by atoms with Crippen molar-refractivity contribution >= 4 is 5.97 Å². The summed E-state index contributed by atoms with van der Waals surface area (Å²) in [6.45, 7) is 1.24. The highest BCUT2D eigenvalue weighted by atomic mass is 16.6. The summed E-state index contributed by atoms with van der Waals surface area (Å²) < 4.78 is 15.7. The minimum absolute atomic E-state index is 0.155. The molecule has 19 heavy (non-hydrogen) atoms. The lowest BCUT2D eigenvalue weighted by molar-refractivity contribution is -0.140. The van der Waals surface area contributed by atoms with Gasteiger partial charge < -0.3 is 14.2 Å². The first-order chi connectivity index (χ1) is 9.29. The number of methoxy groups -OCH3 is 1. The van der Waals surface area contributed by atoms with E-state index in [1.165, 1.54) is 12.7 Å². The quantitative estimate of drug-likeness (QED) is 0.534. The molecule has 1 aliphatic rings. The van der Waals surface area contributed by atoms with E-state index in [9.17, 15) is 4.79 Å². The molecule has 104 valence electrons.